The van der Waals surface area contributed by atoms with Crippen LogP contribution >= 0.6 is 0 Å². The second kappa shape index (κ2) is 45.6. The van der Waals surface area contributed by atoms with Crippen LogP contribution in [0.15, 0.2) is 24.3 Å². The van der Waals surface area contributed by atoms with Crippen molar-refractivity contribution in [3.8, 4) is 0 Å². The van der Waals surface area contributed by atoms with E-state index >= 15 is 0 Å². The van der Waals surface area contributed by atoms with Gasteiger partial charge in [0.05, 0.1) is 19.3 Å². The van der Waals surface area contributed by atoms with E-state index in [2.05, 4.69) is 41.4 Å². The van der Waals surface area contributed by atoms with Gasteiger partial charge in [-0.3, -0.25) is 28.8 Å². The van der Waals surface area contributed by atoms with Gasteiger partial charge in [-0.1, -0.05) is 102 Å². The monoisotopic (exact) mass is 966 g/mol. The Balaban J connectivity index is 4.02. The molecular formula is C53H95N3O12. The molecule has 4 unspecified atom stereocenters. The second-order valence-corrected chi connectivity index (χ2v) is 18.2. The van der Waals surface area contributed by atoms with E-state index in [1.54, 1.807) is 0 Å². The molecule has 0 aromatic heterocycles. The highest BCUT2D eigenvalue weighted by atomic mass is 16.6. The number of nitrogens with one attached hydrogen (secondary N) is 2. The van der Waals surface area contributed by atoms with Gasteiger partial charge in [0.25, 0.3) is 0 Å². The van der Waals surface area contributed by atoms with Crippen molar-refractivity contribution in [3.63, 3.8) is 0 Å². The number of methoxy groups -OCH3 is 1. The van der Waals surface area contributed by atoms with Crippen molar-refractivity contribution in [2.24, 2.45) is 0 Å². The van der Waals surface area contributed by atoms with Crippen molar-refractivity contribution in [2.75, 3.05) is 47.4 Å². The minimum atomic E-state index is -0.782. The molecule has 0 saturated heterocycles. The molecule has 2 amide bonds. The average Bonchev–Trinajstić information content (AvgIpc) is 3.30. The van der Waals surface area contributed by atoms with Gasteiger partial charge in [0.1, 0.15) is 18.8 Å². The third-order valence-corrected chi connectivity index (χ3v) is 11.6. The molecule has 0 aliphatic heterocycles. The van der Waals surface area contributed by atoms with Crippen LogP contribution in [-0.4, -0.2) is 123 Å². The normalized spacial score (nSPS) is 13.3. The number of aliphatic hydroxyl groups is 2. The predicted molar refractivity (Wildman–Crippen MR) is 267 cm³/mol. The molecule has 0 radical (unpaired) electrons. The predicted octanol–water partition coefficient (Wildman–Crippen LogP) is 8.90. The van der Waals surface area contributed by atoms with E-state index in [4.69, 9.17) is 14.2 Å². The molecule has 0 fully saturated rings. The van der Waals surface area contributed by atoms with Gasteiger partial charge in [0, 0.05) is 58.2 Å². The van der Waals surface area contributed by atoms with E-state index in [0.29, 0.717) is 77.6 Å². The first-order chi connectivity index (χ1) is 32.8. The van der Waals surface area contributed by atoms with Crippen LogP contribution in [0.5, 0.6) is 0 Å². The quantitative estimate of drug-likeness (QED) is 0.0195. The first kappa shape index (κ1) is 64.2. The van der Waals surface area contributed by atoms with Crippen molar-refractivity contribution in [3.05, 3.63) is 24.3 Å². The molecular weight excluding hydrogens is 871 g/mol. The molecule has 0 bridgehead atoms. The number of ether oxygens (including phenoxy) is 4. The molecule has 68 heavy (non-hydrogen) atoms. The maximum absolute atomic E-state index is 12.5. The lowest BCUT2D eigenvalue weighted by molar-refractivity contribution is -0.157. The summed E-state index contributed by atoms with van der Waals surface area (Å²) in [5.74, 6) is -1.49. The Morgan fingerprint density at radius 2 is 0.912 bits per heavy atom. The first-order valence-electron chi connectivity index (χ1n) is 26.3. The van der Waals surface area contributed by atoms with Crippen molar-refractivity contribution in [2.45, 2.75) is 231 Å². The molecule has 15 nitrogen and oxygen atoms in total. The summed E-state index contributed by atoms with van der Waals surface area (Å²) in [4.78, 5) is 74.4. The lowest BCUT2D eigenvalue weighted by atomic mass is 10.0. The van der Waals surface area contributed by atoms with Gasteiger partial charge >= 0.3 is 23.9 Å². The van der Waals surface area contributed by atoms with E-state index in [9.17, 15) is 39.0 Å². The summed E-state index contributed by atoms with van der Waals surface area (Å²) < 4.78 is 21.0. The number of hydrogen-bond acceptors (Lipinski definition) is 13. The maximum atomic E-state index is 12.5. The molecule has 0 aliphatic rings. The van der Waals surface area contributed by atoms with Gasteiger partial charge in [0.2, 0.25) is 11.8 Å². The highest BCUT2D eigenvalue weighted by molar-refractivity contribution is 5.77. The molecule has 0 rings (SSSR count). The van der Waals surface area contributed by atoms with E-state index < -0.39 is 36.4 Å². The molecule has 394 valence electrons. The molecule has 4 N–H and O–H groups in total. The SMILES string of the molecule is CCCCCC(OC(=O)CCCC(=O)OC)C(O)C/C=C\CCCCCCCC(=O)NCCNC(=O)CCCCCCC/C=C\CC(O)C(CCCCC)OC(=O)CCCC(=O)OCCN(C)C. The van der Waals surface area contributed by atoms with Crippen LogP contribution in [0.25, 0.3) is 0 Å². The highest BCUT2D eigenvalue weighted by Gasteiger charge is 2.24. The van der Waals surface area contributed by atoms with Crippen LogP contribution in [0.4, 0.5) is 0 Å². The molecule has 0 heterocycles. The van der Waals surface area contributed by atoms with Gasteiger partial charge in [-0.2, -0.15) is 0 Å². The van der Waals surface area contributed by atoms with Gasteiger partial charge in [0.15, 0.2) is 0 Å². The topological polar surface area (TPSA) is 207 Å². The zero-order chi connectivity index (χ0) is 50.5. The number of rotatable bonds is 46. The summed E-state index contributed by atoms with van der Waals surface area (Å²) in [6.07, 6.45) is 26.9. The van der Waals surface area contributed by atoms with Crippen molar-refractivity contribution < 1.29 is 57.9 Å². The number of unbranched alkanes of at least 4 members (excludes halogenated alkanes) is 14. The standard InChI is InChI=1S/C53H95N3O12/c1-6-8-22-32-46(67-52(63)38-28-36-50(61)65-5)44(57)30-24-18-14-10-12-16-20-26-34-48(59)54-40-41-55-49(60)35-27-21-17-13-11-15-19-25-31-45(58)47(33-23-9-7-2)68-53(64)39-29-37-51(62)66-43-42-56(3)4/h18-19,24-25,44-47,57-58H,6-17,20-23,26-43H2,1-5H3,(H,54,59)(H,55,60)/b24-18-,25-19-. The number of amides is 2. The number of allylic oxidation sites excluding steroid dienone is 2. The summed E-state index contributed by atoms with van der Waals surface area (Å²) in [6.45, 7) is 5.99. The Kier molecular flexibility index (Phi) is 43.1. The first-order valence-corrected chi connectivity index (χ1v) is 26.3. The van der Waals surface area contributed by atoms with Crippen molar-refractivity contribution >= 4 is 35.7 Å². The fraction of sp³-hybridized carbons (Fsp3) is 0.811. The Hall–Kier alpha value is -3.82. The second-order valence-electron chi connectivity index (χ2n) is 18.2. The maximum Gasteiger partial charge on any atom is 0.306 e. The number of aliphatic hydroxyl groups excluding tert-OH is 2. The molecule has 15 heteroatoms. The Bertz CT molecular complexity index is 1370. The summed E-state index contributed by atoms with van der Waals surface area (Å²) in [7, 11) is 5.12. The number of likely N-dealkylation sites (N-methyl/N-ethyl adjacent to an activating group) is 1. The number of nitrogens with zero attached hydrogens (tertiary/aromatic N) is 1. The van der Waals surface area contributed by atoms with Crippen LogP contribution in [-0.2, 0) is 47.7 Å². The molecule has 4 atom stereocenters. The summed E-state index contributed by atoms with van der Waals surface area (Å²) in [5, 5.41) is 27.3. The fourth-order valence-corrected chi connectivity index (χ4v) is 7.32. The van der Waals surface area contributed by atoms with Gasteiger partial charge < -0.3 is 44.7 Å². The number of carbonyl (C=O) groups excluding carboxylic acids is 6. The average molecular weight is 966 g/mol. The zero-order valence-electron chi connectivity index (χ0n) is 43.1. The number of esters is 4. The molecule has 0 aliphatic carbocycles. The minimum absolute atomic E-state index is 0.000937. The van der Waals surface area contributed by atoms with Crippen LogP contribution < -0.4 is 10.6 Å². The van der Waals surface area contributed by atoms with Crippen LogP contribution in [0, 0.1) is 0 Å². The summed E-state index contributed by atoms with van der Waals surface area (Å²) in [6, 6.07) is 0. The van der Waals surface area contributed by atoms with E-state index in [1.165, 1.54) is 7.11 Å². The number of carbonyl (C=O) groups is 6. The largest absolute Gasteiger partial charge is 0.469 e. The van der Waals surface area contributed by atoms with Crippen molar-refractivity contribution in [1.82, 2.24) is 15.5 Å². The van der Waals surface area contributed by atoms with E-state index in [-0.39, 0.29) is 49.4 Å². The third-order valence-electron chi connectivity index (χ3n) is 11.6. The lowest BCUT2D eigenvalue weighted by Crippen LogP contribution is -2.34. The molecule has 0 aromatic carbocycles. The fourth-order valence-electron chi connectivity index (χ4n) is 7.32. The Morgan fingerprint density at radius 3 is 1.34 bits per heavy atom. The summed E-state index contributed by atoms with van der Waals surface area (Å²) in [5.41, 5.74) is 0. The smallest absolute Gasteiger partial charge is 0.306 e. The molecule has 0 saturated carbocycles. The molecule has 0 aromatic rings. The Morgan fingerprint density at radius 1 is 0.500 bits per heavy atom. The van der Waals surface area contributed by atoms with Crippen LogP contribution in [0.2, 0.25) is 0 Å². The van der Waals surface area contributed by atoms with Gasteiger partial charge in [-0.25, -0.2) is 0 Å². The highest BCUT2D eigenvalue weighted by Crippen LogP contribution is 2.18. The van der Waals surface area contributed by atoms with Crippen molar-refractivity contribution in [1.29, 1.82) is 0 Å². The Labute approximate surface area is 410 Å². The van der Waals surface area contributed by atoms with Gasteiger partial charge in [-0.15, -0.1) is 0 Å². The summed E-state index contributed by atoms with van der Waals surface area (Å²) >= 11 is 0. The van der Waals surface area contributed by atoms with Crippen LogP contribution in [0.1, 0.15) is 206 Å². The van der Waals surface area contributed by atoms with Gasteiger partial charge in [-0.05, 0) is 104 Å². The van der Waals surface area contributed by atoms with E-state index in [1.807, 2.05) is 31.1 Å². The molecule has 0 spiro atoms. The minimum Gasteiger partial charge on any atom is -0.469 e. The third kappa shape index (κ3) is 41.2. The number of hydrogen-bond donors (Lipinski definition) is 4. The zero-order valence-corrected chi connectivity index (χ0v) is 43.1. The lowest BCUT2D eigenvalue weighted by Gasteiger charge is -2.22. The van der Waals surface area contributed by atoms with Crippen LogP contribution in [0.3, 0.4) is 0 Å². The van der Waals surface area contributed by atoms with E-state index in [0.717, 1.165) is 116 Å².